The molecular weight excluding hydrogens is 316 g/mol. The average Bonchev–Trinajstić information content (AvgIpc) is 2.46. The molecule has 1 N–H and O–H groups in total. The largest absolute Gasteiger partial charge is 0.478 e. The van der Waals surface area contributed by atoms with Crippen molar-refractivity contribution in [3.8, 4) is 11.1 Å². The van der Waals surface area contributed by atoms with E-state index in [1.807, 2.05) is 54.6 Å². The highest BCUT2D eigenvalue weighted by molar-refractivity contribution is 9.10. The fraction of sp³-hybridized carbons (Fsp3) is 0. The van der Waals surface area contributed by atoms with E-state index < -0.39 is 5.97 Å². The molecular formula is C17H11BrO2. The van der Waals surface area contributed by atoms with Crippen LogP contribution in [0.4, 0.5) is 0 Å². The summed E-state index contributed by atoms with van der Waals surface area (Å²) in [4.78, 5) is 11.4. The molecule has 0 atom stereocenters. The second-order valence-electron chi connectivity index (χ2n) is 4.56. The first-order valence-electron chi connectivity index (χ1n) is 6.17. The van der Waals surface area contributed by atoms with E-state index in [-0.39, 0.29) is 0 Å². The highest BCUT2D eigenvalue weighted by atomic mass is 79.9. The first kappa shape index (κ1) is 12.9. The summed E-state index contributed by atoms with van der Waals surface area (Å²) < 4.78 is 0.763. The normalized spacial score (nSPS) is 10.7. The lowest BCUT2D eigenvalue weighted by molar-refractivity contribution is 0.0697. The molecule has 20 heavy (non-hydrogen) atoms. The number of carboxylic acid groups (broad SMARTS) is 1. The van der Waals surface area contributed by atoms with Gasteiger partial charge in [0.15, 0.2) is 0 Å². The van der Waals surface area contributed by atoms with Crippen LogP contribution in [0.2, 0.25) is 0 Å². The second kappa shape index (κ2) is 5.10. The Balaban J connectivity index is 2.22. The third-order valence-electron chi connectivity index (χ3n) is 3.27. The fourth-order valence-corrected chi connectivity index (χ4v) is 2.66. The Hall–Kier alpha value is -2.13. The van der Waals surface area contributed by atoms with Crippen LogP contribution < -0.4 is 0 Å². The van der Waals surface area contributed by atoms with Crippen LogP contribution in [0.1, 0.15) is 10.4 Å². The molecule has 98 valence electrons. The topological polar surface area (TPSA) is 37.3 Å². The molecule has 0 aromatic heterocycles. The van der Waals surface area contributed by atoms with Gasteiger partial charge in [-0.3, -0.25) is 0 Å². The smallest absolute Gasteiger partial charge is 0.336 e. The van der Waals surface area contributed by atoms with E-state index in [0.29, 0.717) is 5.56 Å². The Morgan fingerprint density at radius 1 is 0.900 bits per heavy atom. The van der Waals surface area contributed by atoms with Crippen molar-refractivity contribution in [2.24, 2.45) is 0 Å². The van der Waals surface area contributed by atoms with Crippen LogP contribution in [-0.2, 0) is 0 Å². The van der Waals surface area contributed by atoms with Crippen LogP contribution in [-0.4, -0.2) is 11.1 Å². The van der Waals surface area contributed by atoms with E-state index in [4.69, 9.17) is 0 Å². The van der Waals surface area contributed by atoms with E-state index in [1.54, 1.807) is 6.07 Å². The quantitative estimate of drug-likeness (QED) is 0.722. The van der Waals surface area contributed by atoms with E-state index in [0.717, 1.165) is 26.4 Å². The van der Waals surface area contributed by atoms with Crippen molar-refractivity contribution in [1.82, 2.24) is 0 Å². The van der Waals surface area contributed by atoms with E-state index in [9.17, 15) is 9.90 Å². The van der Waals surface area contributed by atoms with E-state index in [2.05, 4.69) is 15.9 Å². The van der Waals surface area contributed by atoms with Crippen molar-refractivity contribution in [2.45, 2.75) is 0 Å². The van der Waals surface area contributed by atoms with Crippen LogP contribution >= 0.6 is 15.9 Å². The van der Waals surface area contributed by atoms with Crippen molar-refractivity contribution < 1.29 is 9.90 Å². The molecule has 0 saturated carbocycles. The summed E-state index contributed by atoms with van der Waals surface area (Å²) in [6, 6.07) is 19.3. The number of carbonyl (C=O) groups is 1. The molecule has 0 bridgehead atoms. The van der Waals surface area contributed by atoms with Crippen LogP contribution in [0.15, 0.2) is 65.1 Å². The Morgan fingerprint density at radius 3 is 2.40 bits per heavy atom. The molecule has 0 amide bonds. The summed E-state index contributed by atoms with van der Waals surface area (Å²) in [7, 11) is 0. The molecule has 0 heterocycles. The average molecular weight is 327 g/mol. The fourth-order valence-electron chi connectivity index (χ4n) is 2.30. The first-order valence-corrected chi connectivity index (χ1v) is 6.96. The predicted octanol–water partition coefficient (Wildman–Crippen LogP) is 4.97. The van der Waals surface area contributed by atoms with Crippen LogP contribution in [0.25, 0.3) is 21.9 Å². The summed E-state index contributed by atoms with van der Waals surface area (Å²) in [5, 5.41) is 11.6. The van der Waals surface area contributed by atoms with Crippen molar-refractivity contribution in [3.63, 3.8) is 0 Å². The zero-order valence-corrected chi connectivity index (χ0v) is 12.1. The Kier molecular flexibility index (Phi) is 3.28. The molecule has 0 fully saturated rings. The zero-order chi connectivity index (χ0) is 14.1. The van der Waals surface area contributed by atoms with Crippen molar-refractivity contribution in [3.05, 3.63) is 70.7 Å². The van der Waals surface area contributed by atoms with E-state index in [1.165, 1.54) is 0 Å². The number of hydrogen-bond acceptors (Lipinski definition) is 1. The predicted molar refractivity (Wildman–Crippen MR) is 84.0 cm³/mol. The maximum absolute atomic E-state index is 11.4. The Morgan fingerprint density at radius 2 is 1.65 bits per heavy atom. The Labute approximate surface area is 124 Å². The van der Waals surface area contributed by atoms with Crippen molar-refractivity contribution in [1.29, 1.82) is 0 Å². The van der Waals surface area contributed by atoms with Gasteiger partial charge in [0.25, 0.3) is 0 Å². The number of rotatable bonds is 2. The molecule has 2 nitrogen and oxygen atoms in total. The van der Waals surface area contributed by atoms with Gasteiger partial charge in [0.1, 0.15) is 0 Å². The minimum Gasteiger partial charge on any atom is -0.478 e. The first-order chi connectivity index (χ1) is 9.65. The molecule has 0 radical (unpaired) electrons. The summed E-state index contributed by atoms with van der Waals surface area (Å²) in [5.41, 5.74) is 1.94. The Bertz CT molecular complexity index is 809. The number of aromatic carboxylic acids is 1. The number of benzene rings is 3. The number of halogens is 1. The third-order valence-corrected chi connectivity index (χ3v) is 3.77. The van der Waals surface area contributed by atoms with Crippen LogP contribution in [0, 0.1) is 0 Å². The zero-order valence-electron chi connectivity index (χ0n) is 10.5. The molecule has 0 aliphatic carbocycles. The SMILES string of the molecule is O=C(O)c1cc(Br)ccc1-c1ccc2ccccc2c1. The van der Waals surface area contributed by atoms with Crippen LogP contribution in [0.3, 0.4) is 0 Å². The standard InChI is InChI=1S/C17H11BrO2/c18-14-7-8-15(16(10-14)17(19)20)13-6-5-11-3-1-2-4-12(11)9-13/h1-10H,(H,19,20). The van der Waals surface area contributed by atoms with Gasteiger partial charge in [-0.25, -0.2) is 4.79 Å². The van der Waals surface area contributed by atoms with Gasteiger partial charge >= 0.3 is 5.97 Å². The number of carboxylic acids is 1. The second-order valence-corrected chi connectivity index (χ2v) is 5.47. The monoisotopic (exact) mass is 326 g/mol. The van der Waals surface area contributed by atoms with Gasteiger partial charge in [-0.05, 0) is 40.1 Å². The molecule has 3 rings (SSSR count). The molecule has 0 unspecified atom stereocenters. The summed E-state index contributed by atoms with van der Waals surface area (Å²) in [5.74, 6) is -0.922. The van der Waals surface area contributed by atoms with Gasteiger partial charge in [-0.2, -0.15) is 0 Å². The third kappa shape index (κ3) is 2.32. The molecule has 0 spiro atoms. The molecule has 0 saturated heterocycles. The molecule has 0 aliphatic rings. The lowest BCUT2D eigenvalue weighted by atomic mass is 9.97. The van der Waals surface area contributed by atoms with Crippen molar-refractivity contribution >= 4 is 32.7 Å². The maximum atomic E-state index is 11.4. The van der Waals surface area contributed by atoms with Crippen molar-refractivity contribution in [2.75, 3.05) is 0 Å². The highest BCUT2D eigenvalue weighted by Crippen LogP contribution is 2.29. The van der Waals surface area contributed by atoms with Gasteiger partial charge in [0, 0.05) is 4.47 Å². The molecule has 0 aliphatic heterocycles. The lowest BCUT2D eigenvalue weighted by Gasteiger charge is -2.08. The van der Waals surface area contributed by atoms with Crippen LogP contribution in [0.5, 0.6) is 0 Å². The van der Waals surface area contributed by atoms with Gasteiger partial charge in [0.2, 0.25) is 0 Å². The van der Waals surface area contributed by atoms with Gasteiger partial charge in [-0.15, -0.1) is 0 Å². The summed E-state index contributed by atoms with van der Waals surface area (Å²) >= 11 is 3.31. The number of hydrogen-bond donors (Lipinski definition) is 1. The maximum Gasteiger partial charge on any atom is 0.336 e. The summed E-state index contributed by atoms with van der Waals surface area (Å²) in [6.45, 7) is 0. The van der Waals surface area contributed by atoms with Gasteiger partial charge < -0.3 is 5.11 Å². The lowest BCUT2D eigenvalue weighted by Crippen LogP contribution is -1.99. The minimum atomic E-state index is -0.922. The molecule has 3 aromatic carbocycles. The molecule has 3 aromatic rings. The highest BCUT2D eigenvalue weighted by Gasteiger charge is 2.12. The van der Waals surface area contributed by atoms with E-state index >= 15 is 0 Å². The minimum absolute atomic E-state index is 0.301. The molecule has 3 heteroatoms. The number of fused-ring (bicyclic) bond motifs is 1. The van der Waals surface area contributed by atoms with Gasteiger partial charge in [-0.1, -0.05) is 58.4 Å². The summed E-state index contributed by atoms with van der Waals surface area (Å²) in [6.07, 6.45) is 0. The van der Waals surface area contributed by atoms with Gasteiger partial charge in [0.05, 0.1) is 5.56 Å².